The quantitative estimate of drug-likeness (QED) is 0.372. The molecule has 8 heteroatoms. The van der Waals surface area contributed by atoms with Gasteiger partial charge in [-0.2, -0.15) is 0 Å². The lowest BCUT2D eigenvalue weighted by Gasteiger charge is -2.32. The summed E-state index contributed by atoms with van der Waals surface area (Å²) >= 11 is 0. The monoisotopic (exact) mass is 535 g/mol. The Kier molecular flexibility index (Phi) is 10.1. The number of sulfonamides is 1. The molecular weight excluding hydrogens is 498 g/mol. The van der Waals surface area contributed by atoms with Crippen molar-refractivity contribution in [1.29, 1.82) is 0 Å². The maximum Gasteiger partial charge on any atom is 0.264 e. The van der Waals surface area contributed by atoms with Crippen LogP contribution in [0.2, 0.25) is 0 Å². The highest BCUT2D eigenvalue weighted by atomic mass is 32.2. The first-order valence-corrected chi connectivity index (χ1v) is 14.3. The van der Waals surface area contributed by atoms with Crippen molar-refractivity contribution in [3.8, 4) is 0 Å². The van der Waals surface area contributed by atoms with Crippen LogP contribution in [0.3, 0.4) is 0 Å². The van der Waals surface area contributed by atoms with Gasteiger partial charge in [0, 0.05) is 13.1 Å². The number of nitrogens with zero attached hydrogens (tertiary/aromatic N) is 2. The second kappa shape index (κ2) is 13.2. The molecule has 1 atom stereocenters. The molecule has 1 unspecified atom stereocenters. The van der Waals surface area contributed by atoms with Crippen molar-refractivity contribution in [1.82, 2.24) is 10.2 Å². The molecular formula is C30H37N3O4S. The normalized spacial score (nSPS) is 12.1. The fourth-order valence-corrected chi connectivity index (χ4v) is 5.48. The highest BCUT2D eigenvalue weighted by Gasteiger charge is 2.32. The van der Waals surface area contributed by atoms with Crippen LogP contribution in [0, 0.1) is 12.8 Å². The zero-order valence-electron chi connectivity index (χ0n) is 22.5. The zero-order valence-corrected chi connectivity index (χ0v) is 23.3. The van der Waals surface area contributed by atoms with E-state index in [-0.39, 0.29) is 23.3 Å². The van der Waals surface area contributed by atoms with Crippen LogP contribution in [0.5, 0.6) is 0 Å². The molecule has 202 valence electrons. The summed E-state index contributed by atoms with van der Waals surface area (Å²) < 4.78 is 28.6. The second-order valence-corrected chi connectivity index (χ2v) is 11.7. The van der Waals surface area contributed by atoms with E-state index < -0.39 is 28.5 Å². The molecule has 0 aliphatic heterocycles. The predicted octanol–water partition coefficient (Wildman–Crippen LogP) is 4.42. The lowest BCUT2D eigenvalue weighted by Crippen LogP contribution is -2.52. The van der Waals surface area contributed by atoms with Gasteiger partial charge in [0.2, 0.25) is 11.8 Å². The number of carbonyl (C=O) groups excluding carboxylic acids is 2. The molecule has 0 saturated carbocycles. The smallest absolute Gasteiger partial charge is 0.264 e. The van der Waals surface area contributed by atoms with Crippen molar-refractivity contribution in [2.24, 2.45) is 5.92 Å². The minimum absolute atomic E-state index is 0.0906. The number of carbonyl (C=O) groups is 2. The number of anilines is 1. The predicted molar refractivity (Wildman–Crippen MR) is 151 cm³/mol. The molecule has 1 N–H and O–H groups in total. The third kappa shape index (κ3) is 7.68. The van der Waals surface area contributed by atoms with Gasteiger partial charge in [0.25, 0.3) is 10.0 Å². The van der Waals surface area contributed by atoms with Gasteiger partial charge in [-0.15, -0.1) is 0 Å². The van der Waals surface area contributed by atoms with Gasteiger partial charge in [0.05, 0.1) is 10.6 Å². The fourth-order valence-electron chi connectivity index (χ4n) is 4.05. The Morgan fingerprint density at radius 1 is 0.868 bits per heavy atom. The van der Waals surface area contributed by atoms with Crippen LogP contribution in [0.4, 0.5) is 5.69 Å². The average molecular weight is 536 g/mol. The van der Waals surface area contributed by atoms with Crippen LogP contribution in [0.25, 0.3) is 0 Å². The van der Waals surface area contributed by atoms with Crippen LogP contribution in [0.1, 0.15) is 31.9 Å². The summed E-state index contributed by atoms with van der Waals surface area (Å²) in [7, 11) is -4.05. The topological polar surface area (TPSA) is 86.8 Å². The number of hydrogen-bond acceptors (Lipinski definition) is 4. The van der Waals surface area contributed by atoms with Crippen molar-refractivity contribution in [3.63, 3.8) is 0 Å². The van der Waals surface area contributed by atoms with Gasteiger partial charge < -0.3 is 10.2 Å². The van der Waals surface area contributed by atoms with Gasteiger partial charge in [-0.05, 0) is 61.6 Å². The van der Waals surface area contributed by atoms with E-state index in [2.05, 4.69) is 5.32 Å². The molecule has 0 bridgehead atoms. The SMILES string of the molecule is Cc1cccc(N(CC(=O)N(CCc2ccccc2)C(C)C(=O)NCC(C)C)S(=O)(=O)c2ccccc2)c1. The maximum absolute atomic E-state index is 13.8. The average Bonchev–Trinajstić information content (AvgIpc) is 2.91. The summed E-state index contributed by atoms with van der Waals surface area (Å²) in [6.45, 7) is 7.87. The van der Waals surface area contributed by atoms with E-state index in [4.69, 9.17) is 0 Å². The fraction of sp³-hybridized carbons (Fsp3) is 0.333. The van der Waals surface area contributed by atoms with E-state index in [0.29, 0.717) is 18.7 Å². The summed E-state index contributed by atoms with van der Waals surface area (Å²) in [5.41, 5.74) is 2.28. The second-order valence-electron chi connectivity index (χ2n) is 9.80. The molecule has 0 radical (unpaired) electrons. The largest absolute Gasteiger partial charge is 0.354 e. The summed E-state index contributed by atoms with van der Waals surface area (Å²) in [4.78, 5) is 28.4. The lowest BCUT2D eigenvalue weighted by molar-refractivity contribution is -0.138. The van der Waals surface area contributed by atoms with Crippen molar-refractivity contribution in [3.05, 3.63) is 96.1 Å². The third-order valence-electron chi connectivity index (χ3n) is 6.24. The first-order chi connectivity index (χ1) is 18.1. The van der Waals surface area contributed by atoms with Gasteiger partial charge in [0.15, 0.2) is 0 Å². The van der Waals surface area contributed by atoms with E-state index in [0.717, 1.165) is 15.4 Å². The molecule has 2 amide bonds. The van der Waals surface area contributed by atoms with Crippen LogP contribution in [-0.2, 0) is 26.0 Å². The molecule has 3 rings (SSSR count). The van der Waals surface area contributed by atoms with Gasteiger partial charge in [-0.3, -0.25) is 13.9 Å². The number of amides is 2. The van der Waals surface area contributed by atoms with E-state index in [9.17, 15) is 18.0 Å². The summed E-state index contributed by atoms with van der Waals surface area (Å²) in [5, 5.41) is 2.90. The van der Waals surface area contributed by atoms with Gasteiger partial charge in [0.1, 0.15) is 12.6 Å². The number of nitrogens with one attached hydrogen (secondary N) is 1. The van der Waals surface area contributed by atoms with E-state index in [1.807, 2.05) is 57.2 Å². The highest BCUT2D eigenvalue weighted by Crippen LogP contribution is 2.25. The van der Waals surface area contributed by atoms with E-state index >= 15 is 0 Å². The number of rotatable bonds is 12. The van der Waals surface area contributed by atoms with E-state index in [1.165, 1.54) is 17.0 Å². The molecule has 0 spiro atoms. The Morgan fingerprint density at radius 2 is 1.50 bits per heavy atom. The van der Waals surface area contributed by atoms with Gasteiger partial charge in [-0.25, -0.2) is 8.42 Å². The first-order valence-electron chi connectivity index (χ1n) is 12.8. The van der Waals surface area contributed by atoms with Crippen LogP contribution >= 0.6 is 0 Å². The van der Waals surface area contributed by atoms with Crippen molar-refractivity contribution in [2.75, 3.05) is 23.9 Å². The number of aryl methyl sites for hydroxylation is 1. The Morgan fingerprint density at radius 3 is 2.11 bits per heavy atom. The Labute approximate surface area is 226 Å². The molecule has 0 aromatic heterocycles. The van der Waals surface area contributed by atoms with Crippen molar-refractivity contribution in [2.45, 2.75) is 45.1 Å². The summed E-state index contributed by atoms with van der Waals surface area (Å²) in [6.07, 6.45) is 0.532. The standard InChI is InChI=1S/C30H37N3O4S/c1-23(2)21-31-30(35)25(4)32(19-18-26-13-7-5-8-14-26)29(34)22-33(27-15-11-12-24(3)20-27)38(36,37)28-16-9-6-10-17-28/h5-17,20,23,25H,18-19,21-22H2,1-4H3,(H,31,35). The van der Waals surface area contributed by atoms with E-state index in [1.54, 1.807) is 43.3 Å². The molecule has 0 heterocycles. The van der Waals surface area contributed by atoms with Crippen molar-refractivity contribution >= 4 is 27.5 Å². The minimum atomic E-state index is -4.05. The molecule has 7 nitrogen and oxygen atoms in total. The Bertz CT molecular complexity index is 1310. The van der Waals surface area contributed by atoms with Crippen LogP contribution in [-0.4, -0.2) is 50.8 Å². The highest BCUT2D eigenvalue weighted by molar-refractivity contribution is 7.92. The zero-order chi connectivity index (χ0) is 27.7. The summed E-state index contributed by atoms with van der Waals surface area (Å²) in [6, 6.07) is 24.0. The number of benzene rings is 3. The van der Waals surface area contributed by atoms with Gasteiger partial charge in [-0.1, -0.05) is 74.5 Å². The van der Waals surface area contributed by atoms with Crippen LogP contribution < -0.4 is 9.62 Å². The molecule has 0 aliphatic carbocycles. The first kappa shape index (κ1) is 28.9. The Balaban J connectivity index is 1.94. The van der Waals surface area contributed by atoms with Gasteiger partial charge >= 0.3 is 0 Å². The molecule has 3 aromatic rings. The molecule has 38 heavy (non-hydrogen) atoms. The molecule has 3 aromatic carbocycles. The molecule has 0 fully saturated rings. The molecule has 0 saturated heterocycles. The number of hydrogen-bond donors (Lipinski definition) is 1. The maximum atomic E-state index is 13.8. The van der Waals surface area contributed by atoms with Crippen molar-refractivity contribution < 1.29 is 18.0 Å². The van der Waals surface area contributed by atoms with Crippen LogP contribution in [0.15, 0.2) is 89.8 Å². The summed E-state index contributed by atoms with van der Waals surface area (Å²) in [5.74, 6) is -0.463. The Hall–Kier alpha value is -3.65. The minimum Gasteiger partial charge on any atom is -0.354 e. The lowest BCUT2D eigenvalue weighted by atomic mass is 10.1. The third-order valence-corrected chi connectivity index (χ3v) is 8.02. The molecule has 0 aliphatic rings.